The summed E-state index contributed by atoms with van der Waals surface area (Å²) in [7, 11) is 0. The van der Waals surface area contributed by atoms with Crippen molar-refractivity contribution in [2.75, 3.05) is 26.2 Å². The SMILES string of the molecule is CCCN1CC2(CCN(Cc3cccc(O)c3)CC2)C[C@@H]1C(=O)O. The van der Waals surface area contributed by atoms with Crippen molar-refractivity contribution in [3.8, 4) is 5.75 Å². The van der Waals surface area contributed by atoms with Gasteiger partial charge in [-0.05, 0) is 68.4 Å². The zero-order chi connectivity index (χ0) is 17.2. The highest BCUT2D eigenvalue weighted by atomic mass is 16.4. The lowest BCUT2D eigenvalue weighted by Crippen LogP contribution is -2.41. The Hall–Kier alpha value is -1.59. The number of hydrogen-bond donors (Lipinski definition) is 2. The van der Waals surface area contributed by atoms with Crippen LogP contribution in [0.1, 0.15) is 38.2 Å². The van der Waals surface area contributed by atoms with Crippen LogP contribution in [0.15, 0.2) is 24.3 Å². The Kier molecular flexibility index (Phi) is 5.11. The Balaban J connectivity index is 1.59. The average Bonchev–Trinajstić information content (AvgIpc) is 2.89. The monoisotopic (exact) mass is 332 g/mol. The minimum Gasteiger partial charge on any atom is -0.508 e. The minimum absolute atomic E-state index is 0.174. The second-order valence-corrected chi connectivity index (χ2v) is 7.47. The number of aliphatic carboxylic acids is 1. The molecule has 2 aliphatic heterocycles. The van der Waals surface area contributed by atoms with Crippen LogP contribution >= 0.6 is 0 Å². The average molecular weight is 332 g/mol. The lowest BCUT2D eigenvalue weighted by molar-refractivity contribution is -0.142. The van der Waals surface area contributed by atoms with Crippen LogP contribution in [0.2, 0.25) is 0 Å². The molecule has 0 amide bonds. The van der Waals surface area contributed by atoms with E-state index in [1.807, 2.05) is 18.2 Å². The van der Waals surface area contributed by atoms with Gasteiger partial charge in [-0.15, -0.1) is 0 Å². The third-order valence-electron chi connectivity index (χ3n) is 5.63. The summed E-state index contributed by atoms with van der Waals surface area (Å²) in [4.78, 5) is 16.2. The molecule has 1 aromatic carbocycles. The van der Waals surface area contributed by atoms with E-state index in [-0.39, 0.29) is 11.5 Å². The second kappa shape index (κ2) is 7.11. The Labute approximate surface area is 143 Å². The van der Waals surface area contributed by atoms with Crippen LogP contribution < -0.4 is 0 Å². The van der Waals surface area contributed by atoms with Crippen molar-refractivity contribution >= 4 is 5.97 Å². The van der Waals surface area contributed by atoms with Gasteiger partial charge in [-0.1, -0.05) is 19.1 Å². The molecule has 0 radical (unpaired) electrons. The van der Waals surface area contributed by atoms with Crippen molar-refractivity contribution in [1.82, 2.24) is 9.80 Å². The molecular formula is C19H28N2O3. The zero-order valence-corrected chi connectivity index (χ0v) is 14.4. The number of aromatic hydroxyl groups is 1. The number of rotatable bonds is 5. The van der Waals surface area contributed by atoms with Crippen LogP contribution in [-0.4, -0.2) is 58.2 Å². The van der Waals surface area contributed by atoms with E-state index in [1.54, 1.807) is 6.07 Å². The number of carbonyl (C=O) groups is 1. The third kappa shape index (κ3) is 3.73. The fourth-order valence-electron chi connectivity index (χ4n) is 4.37. The molecule has 1 atom stereocenters. The van der Waals surface area contributed by atoms with Gasteiger partial charge in [-0.25, -0.2) is 0 Å². The predicted molar refractivity (Wildman–Crippen MR) is 93.0 cm³/mol. The van der Waals surface area contributed by atoms with Crippen LogP contribution in [0.5, 0.6) is 5.75 Å². The van der Waals surface area contributed by atoms with E-state index in [0.29, 0.717) is 5.75 Å². The Morgan fingerprint density at radius 2 is 2.08 bits per heavy atom. The summed E-state index contributed by atoms with van der Waals surface area (Å²) in [5.74, 6) is -0.348. The van der Waals surface area contributed by atoms with E-state index in [9.17, 15) is 15.0 Å². The summed E-state index contributed by atoms with van der Waals surface area (Å²) in [5, 5.41) is 19.1. The van der Waals surface area contributed by atoms with Crippen molar-refractivity contribution in [3.63, 3.8) is 0 Å². The number of nitrogens with zero attached hydrogens (tertiary/aromatic N) is 2. The van der Waals surface area contributed by atoms with Crippen molar-refractivity contribution in [1.29, 1.82) is 0 Å². The fraction of sp³-hybridized carbons (Fsp3) is 0.632. The van der Waals surface area contributed by atoms with Crippen molar-refractivity contribution < 1.29 is 15.0 Å². The molecule has 3 rings (SSSR count). The van der Waals surface area contributed by atoms with Gasteiger partial charge < -0.3 is 10.2 Å². The van der Waals surface area contributed by atoms with Gasteiger partial charge in [0.2, 0.25) is 0 Å². The van der Waals surface area contributed by atoms with Crippen LogP contribution in [0.4, 0.5) is 0 Å². The van der Waals surface area contributed by atoms with E-state index in [2.05, 4.69) is 16.7 Å². The first-order chi connectivity index (χ1) is 11.5. The largest absolute Gasteiger partial charge is 0.508 e. The molecule has 0 bridgehead atoms. The highest BCUT2D eigenvalue weighted by Gasteiger charge is 2.47. The second-order valence-electron chi connectivity index (χ2n) is 7.47. The summed E-state index contributed by atoms with van der Waals surface area (Å²) >= 11 is 0. The van der Waals surface area contributed by atoms with Crippen LogP contribution in [0, 0.1) is 5.41 Å². The molecule has 0 saturated carbocycles. The molecule has 0 unspecified atom stereocenters. The standard InChI is InChI=1S/C19H28N2O3/c1-2-8-21-14-19(12-17(21)18(23)24)6-9-20(10-7-19)13-15-4-3-5-16(22)11-15/h3-5,11,17,22H,2,6-10,12-14H2,1H3,(H,23,24)/t17-/m1/s1. The predicted octanol–water partition coefficient (Wildman–Crippen LogP) is 2.54. The molecule has 1 aromatic rings. The highest BCUT2D eigenvalue weighted by molar-refractivity contribution is 5.74. The fourth-order valence-corrected chi connectivity index (χ4v) is 4.37. The molecule has 2 aliphatic rings. The molecule has 24 heavy (non-hydrogen) atoms. The molecule has 132 valence electrons. The van der Waals surface area contributed by atoms with Crippen LogP contribution in [0.25, 0.3) is 0 Å². The Bertz CT molecular complexity index is 582. The molecule has 2 fully saturated rings. The Morgan fingerprint density at radius 3 is 2.71 bits per heavy atom. The minimum atomic E-state index is -0.664. The van der Waals surface area contributed by atoms with Crippen molar-refractivity contribution in [3.05, 3.63) is 29.8 Å². The van der Waals surface area contributed by atoms with E-state index >= 15 is 0 Å². The normalized spacial score (nSPS) is 24.5. The summed E-state index contributed by atoms with van der Waals surface area (Å²) in [6.07, 6.45) is 3.93. The first kappa shape index (κ1) is 17.2. The summed E-state index contributed by atoms with van der Waals surface area (Å²) in [6.45, 7) is 6.78. The number of likely N-dealkylation sites (tertiary alicyclic amines) is 2. The van der Waals surface area contributed by atoms with E-state index < -0.39 is 5.97 Å². The number of benzene rings is 1. The molecule has 2 saturated heterocycles. The van der Waals surface area contributed by atoms with E-state index in [1.165, 1.54) is 0 Å². The van der Waals surface area contributed by atoms with E-state index in [0.717, 1.165) is 64.0 Å². The van der Waals surface area contributed by atoms with Gasteiger partial charge in [0.1, 0.15) is 11.8 Å². The van der Waals surface area contributed by atoms with Gasteiger partial charge in [0.25, 0.3) is 0 Å². The van der Waals surface area contributed by atoms with E-state index in [4.69, 9.17) is 0 Å². The quantitative estimate of drug-likeness (QED) is 0.867. The third-order valence-corrected chi connectivity index (χ3v) is 5.63. The molecule has 0 aromatic heterocycles. The maximum Gasteiger partial charge on any atom is 0.320 e. The molecular weight excluding hydrogens is 304 g/mol. The number of carboxylic acid groups (broad SMARTS) is 1. The number of piperidine rings is 1. The van der Waals surface area contributed by atoms with Gasteiger partial charge in [0.15, 0.2) is 0 Å². The van der Waals surface area contributed by atoms with Crippen molar-refractivity contribution in [2.24, 2.45) is 5.41 Å². The first-order valence-electron chi connectivity index (χ1n) is 8.98. The topological polar surface area (TPSA) is 64.0 Å². The smallest absolute Gasteiger partial charge is 0.320 e. The summed E-state index contributed by atoms with van der Waals surface area (Å²) in [6, 6.07) is 7.14. The van der Waals surface area contributed by atoms with Crippen LogP contribution in [0.3, 0.4) is 0 Å². The molecule has 2 N–H and O–H groups in total. The lowest BCUT2D eigenvalue weighted by atomic mass is 9.76. The number of carboxylic acids is 1. The van der Waals surface area contributed by atoms with Gasteiger partial charge in [0, 0.05) is 13.1 Å². The van der Waals surface area contributed by atoms with Crippen LogP contribution in [-0.2, 0) is 11.3 Å². The maximum atomic E-state index is 11.6. The molecule has 5 heteroatoms. The van der Waals surface area contributed by atoms with Gasteiger partial charge in [-0.3, -0.25) is 14.6 Å². The molecule has 1 spiro atoms. The van der Waals surface area contributed by atoms with Gasteiger partial charge in [-0.2, -0.15) is 0 Å². The first-order valence-corrected chi connectivity index (χ1v) is 8.98. The lowest BCUT2D eigenvalue weighted by Gasteiger charge is -2.39. The number of phenols is 1. The summed E-state index contributed by atoms with van der Waals surface area (Å²) < 4.78 is 0. The van der Waals surface area contributed by atoms with Gasteiger partial charge in [0.05, 0.1) is 0 Å². The molecule has 2 heterocycles. The zero-order valence-electron chi connectivity index (χ0n) is 14.4. The molecule has 0 aliphatic carbocycles. The number of phenolic OH excluding ortho intramolecular Hbond substituents is 1. The maximum absolute atomic E-state index is 11.6. The summed E-state index contributed by atoms with van der Waals surface area (Å²) in [5.41, 5.74) is 1.31. The number of hydrogen-bond acceptors (Lipinski definition) is 4. The van der Waals surface area contributed by atoms with Gasteiger partial charge >= 0.3 is 5.97 Å². The highest BCUT2D eigenvalue weighted by Crippen LogP contribution is 2.43. The Morgan fingerprint density at radius 1 is 1.33 bits per heavy atom. The molecule has 5 nitrogen and oxygen atoms in total. The van der Waals surface area contributed by atoms with Crippen molar-refractivity contribution in [2.45, 2.75) is 45.2 Å².